The van der Waals surface area contributed by atoms with Crippen LogP contribution in [0.2, 0.25) is 0 Å². The molecule has 0 saturated carbocycles. The Morgan fingerprint density at radius 1 is 1.21 bits per heavy atom. The molecule has 0 radical (unpaired) electrons. The Kier molecular flexibility index (Phi) is 5.87. The normalized spacial score (nSPS) is 12.3. The first kappa shape index (κ1) is 15.5. The van der Waals surface area contributed by atoms with Crippen molar-refractivity contribution in [3.05, 3.63) is 29.3 Å². The average Bonchev–Trinajstić information content (AvgIpc) is 2.31. The van der Waals surface area contributed by atoms with Crippen molar-refractivity contribution in [2.45, 2.75) is 47.1 Å². The highest BCUT2D eigenvalue weighted by Gasteiger charge is 2.18. The zero-order chi connectivity index (χ0) is 14.4. The number of amides is 1. The molecule has 1 amide bonds. The zero-order valence-corrected chi connectivity index (χ0v) is 12.6. The van der Waals surface area contributed by atoms with Gasteiger partial charge in [0.25, 0.3) is 5.91 Å². The lowest BCUT2D eigenvalue weighted by molar-refractivity contribution is -0.128. The van der Waals surface area contributed by atoms with Gasteiger partial charge >= 0.3 is 0 Å². The van der Waals surface area contributed by atoms with Crippen LogP contribution in [0.5, 0.6) is 5.75 Å². The van der Waals surface area contributed by atoms with E-state index < -0.39 is 6.10 Å². The molecule has 0 aromatic heterocycles. The standard InChI is InChI=1S/C16H25NO2/c1-6-15(16(18)17-10-11(2)3)19-14-8-12(4)7-13(5)9-14/h7-9,11,15H,6,10H2,1-5H3,(H,17,18). The van der Waals surface area contributed by atoms with Crippen LogP contribution in [0.15, 0.2) is 18.2 Å². The minimum absolute atomic E-state index is 0.0321. The summed E-state index contributed by atoms with van der Waals surface area (Å²) in [6, 6.07) is 6.02. The topological polar surface area (TPSA) is 38.3 Å². The molecule has 0 aliphatic carbocycles. The Morgan fingerprint density at radius 2 is 1.79 bits per heavy atom. The molecule has 0 spiro atoms. The summed E-state index contributed by atoms with van der Waals surface area (Å²) in [5, 5.41) is 2.92. The quantitative estimate of drug-likeness (QED) is 0.855. The van der Waals surface area contributed by atoms with Crippen molar-refractivity contribution in [1.29, 1.82) is 0 Å². The number of hydrogen-bond acceptors (Lipinski definition) is 2. The van der Waals surface area contributed by atoms with Crippen LogP contribution < -0.4 is 10.1 Å². The van der Waals surface area contributed by atoms with Crippen molar-refractivity contribution in [1.82, 2.24) is 5.32 Å². The molecule has 3 nitrogen and oxygen atoms in total. The molecule has 106 valence electrons. The second-order valence-corrected chi connectivity index (χ2v) is 5.48. The number of aryl methyl sites for hydroxylation is 2. The molecule has 1 unspecified atom stereocenters. The maximum atomic E-state index is 12.0. The molecule has 1 aromatic carbocycles. The van der Waals surface area contributed by atoms with Crippen LogP contribution in [0.25, 0.3) is 0 Å². The van der Waals surface area contributed by atoms with E-state index in [0.29, 0.717) is 18.9 Å². The van der Waals surface area contributed by atoms with Gasteiger partial charge in [-0.3, -0.25) is 4.79 Å². The smallest absolute Gasteiger partial charge is 0.261 e. The highest BCUT2D eigenvalue weighted by molar-refractivity contribution is 5.81. The summed E-state index contributed by atoms with van der Waals surface area (Å²) in [4.78, 5) is 12.0. The highest BCUT2D eigenvalue weighted by Crippen LogP contribution is 2.18. The molecule has 0 fully saturated rings. The van der Waals surface area contributed by atoms with E-state index in [1.807, 2.05) is 32.9 Å². The first-order chi connectivity index (χ1) is 8.92. The Balaban J connectivity index is 2.67. The molecule has 19 heavy (non-hydrogen) atoms. The van der Waals surface area contributed by atoms with E-state index in [0.717, 1.165) is 16.9 Å². The van der Waals surface area contributed by atoms with E-state index in [1.165, 1.54) is 0 Å². The van der Waals surface area contributed by atoms with Gasteiger partial charge in [-0.2, -0.15) is 0 Å². The molecule has 0 saturated heterocycles. The molecule has 1 rings (SSSR count). The molecular formula is C16H25NO2. The Hall–Kier alpha value is -1.51. The summed E-state index contributed by atoms with van der Waals surface area (Å²) < 4.78 is 5.81. The van der Waals surface area contributed by atoms with Gasteiger partial charge in [0.2, 0.25) is 0 Å². The van der Waals surface area contributed by atoms with Crippen molar-refractivity contribution < 1.29 is 9.53 Å². The maximum Gasteiger partial charge on any atom is 0.261 e. The number of benzene rings is 1. The van der Waals surface area contributed by atoms with E-state index in [-0.39, 0.29) is 5.91 Å². The predicted molar refractivity (Wildman–Crippen MR) is 78.5 cm³/mol. The predicted octanol–water partition coefficient (Wildman–Crippen LogP) is 3.23. The molecule has 0 aliphatic heterocycles. The van der Waals surface area contributed by atoms with Gasteiger partial charge in [0, 0.05) is 6.54 Å². The van der Waals surface area contributed by atoms with Crippen LogP contribution in [0.3, 0.4) is 0 Å². The summed E-state index contributed by atoms with van der Waals surface area (Å²) in [6.45, 7) is 10.9. The number of carbonyl (C=O) groups excluding carboxylic acids is 1. The molecule has 1 atom stereocenters. The highest BCUT2D eigenvalue weighted by atomic mass is 16.5. The number of hydrogen-bond donors (Lipinski definition) is 1. The van der Waals surface area contributed by atoms with Crippen molar-refractivity contribution in [2.75, 3.05) is 6.54 Å². The second-order valence-electron chi connectivity index (χ2n) is 5.48. The summed E-state index contributed by atoms with van der Waals surface area (Å²) in [7, 11) is 0. The van der Waals surface area contributed by atoms with Gasteiger partial charge in [0.15, 0.2) is 6.10 Å². The number of ether oxygens (including phenoxy) is 1. The van der Waals surface area contributed by atoms with E-state index >= 15 is 0 Å². The van der Waals surface area contributed by atoms with Crippen molar-refractivity contribution in [2.24, 2.45) is 5.92 Å². The first-order valence-corrected chi connectivity index (χ1v) is 6.95. The average molecular weight is 263 g/mol. The van der Waals surface area contributed by atoms with E-state index in [4.69, 9.17) is 4.74 Å². The van der Waals surface area contributed by atoms with Crippen molar-refractivity contribution in [3.63, 3.8) is 0 Å². The third kappa shape index (κ3) is 5.33. The Morgan fingerprint density at radius 3 is 2.26 bits per heavy atom. The van der Waals surface area contributed by atoms with E-state index in [2.05, 4.69) is 25.2 Å². The summed E-state index contributed by atoms with van der Waals surface area (Å²) >= 11 is 0. The molecular weight excluding hydrogens is 238 g/mol. The minimum atomic E-state index is -0.417. The van der Waals surface area contributed by atoms with Gasteiger partial charge in [0.1, 0.15) is 5.75 Å². The molecule has 0 heterocycles. The molecule has 3 heteroatoms. The lowest BCUT2D eigenvalue weighted by atomic mass is 10.1. The first-order valence-electron chi connectivity index (χ1n) is 6.95. The fraction of sp³-hybridized carbons (Fsp3) is 0.562. The van der Waals surface area contributed by atoms with Gasteiger partial charge in [-0.15, -0.1) is 0 Å². The molecule has 0 bridgehead atoms. The molecule has 0 aliphatic rings. The fourth-order valence-electron chi connectivity index (χ4n) is 1.91. The van der Waals surface area contributed by atoms with Gasteiger partial charge in [0.05, 0.1) is 0 Å². The summed E-state index contributed by atoms with van der Waals surface area (Å²) in [6.07, 6.45) is 0.247. The third-order valence-corrected chi connectivity index (χ3v) is 2.82. The third-order valence-electron chi connectivity index (χ3n) is 2.82. The van der Waals surface area contributed by atoms with Crippen molar-refractivity contribution >= 4 is 5.91 Å². The van der Waals surface area contributed by atoms with Crippen LogP contribution in [-0.4, -0.2) is 18.6 Å². The van der Waals surface area contributed by atoms with Crippen LogP contribution in [0.4, 0.5) is 0 Å². The maximum absolute atomic E-state index is 12.0. The summed E-state index contributed by atoms with van der Waals surface area (Å²) in [5.74, 6) is 1.18. The monoisotopic (exact) mass is 263 g/mol. The SMILES string of the molecule is CCC(Oc1cc(C)cc(C)c1)C(=O)NCC(C)C. The lowest BCUT2D eigenvalue weighted by Gasteiger charge is -2.18. The minimum Gasteiger partial charge on any atom is -0.481 e. The van der Waals surface area contributed by atoms with Crippen LogP contribution in [0.1, 0.15) is 38.3 Å². The number of nitrogens with one attached hydrogen (secondary N) is 1. The molecule has 1 N–H and O–H groups in total. The second kappa shape index (κ2) is 7.17. The zero-order valence-electron chi connectivity index (χ0n) is 12.6. The van der Waals surface area contributed by atoms with Gasteiger partial charge in [-0.1, -0.05) is 26.8 Å². The number of rotatable bonds is 6. The van der Waals surface area contributed by atoms with Crippen LogP contribution in [-0.2, 0) is 4.79 Å². The fourth-order valence-corrected chi connectivity index (χ4v) is 1.91. The summed E-state index contributed by atoms with van der Waals surface area (Å²) in [5.41, 5.74) is 2.29. The largest absolute Gasteiger partial charge is 0.481 e. The van der Waals surface area contributed by atoms with Crippen LogP contribution >= 0.6 is 0 Å². The van der Waals surface area contributed by atoms with Crippen LogP contribution in [0, 0.1) is 19.8 Å². The lowest BCUT2D eigenvalue weighted by Crippen LogP contribution is -2.39. The molecule has 1 aromatic rings. The van der Waals surface area contributed by atoms with Gasteiger partial charge in [-0.05, 0) is 49.4 Å². The van der Waals surface area contributed by atoms with E-state index in [1.54, 1.807) is 0 Å². The van der Waals surface area contributed by atoms with Crippen molar-refractivity contribution in [3.8, 4) is 5.75 Å². The number of carbonyl (C=O) groups is 1. The van der Waals surface area contributed by atoms with Gasteiger partial charge in [-0.25, -0.2) is 0 Å². The Labute approximate surface area is 116 Å². The van der Waals surface area contributed by atoms with E-state index in [9.17, 15) is 4.79 Å². The Bertz CT molecular complexity index is 407. The van der Waals surface area contributed by atoms with Gasteiger partial charge < -0.3 is 10.1 Å².